The van der Waals surface area contributed by atoms with Crippen LogP contribution in [-0.2, 0) is 6.61 Å². The Hall–Kier alpha value is -2.88. The predicted molar refractivity (Wildman–Crippen MR) is 133 cm³/mol. The summed E-state index contributed by atoms with van der Waals surface area (Å²) in [6, 6.07) is 5.17. The van der Waals surface area contributed by atoms with E-state index >= 15 is 0 Å². The van der Waals surface area contributed by atoms with Gasteiger partial charge in [-0.25, -0.2) is 4.98 Å². The number of hydrogen-bond donors (Lipinski definition) is 2. The number of rotatable bonds is 7. The van der Waals surface area contributed by atoms with Crippen LogP contribution in [0.2, 0.25) is 10.0 Å². The summed E-state index contributed by atoms with van der Waals surface area (Å²) in [7, 11) is 1.52. The van der Waals surface area contributed by atoms with Crippen LogP contribution in [0.5, 0.6) is 17.4 Å². The summed E-state index contributed by atoms with van der Waals surface area (Å²) in [5.41, 5.74) is 9.33. The summed E-state index contributed by atoms with van der Waals surface area (Å²) < 4.78 is 19.1. The standard InChI is InChI=1S/C22H21Cl2N5O3S/c1-30-19-7-17(25)13(6-20(19)32-11-14-15(23)9-27-10-16(14)24)21(26)12-5-18-22(28-8-12)31-4-3-29(18)33-2/h5-10,26H,3-4,11,25H2,1-2H3. The fraction of sp³-hybridized carbons (Fsp3) is 0.227. The first-order chi connectivity index (χ1) is 15.9. The van der Waals surface area contributed by atoms with Gasteiger partial charge in [-0.3, -0.25) is 10.4 Å². The number of ether oxygens (including phenoxy) is 3. The molecular weight excluding hydrogens is 485 g/mol. The normalized spacial score (nSPS) is 12.7. The van der Waals surface area contributed by atoms with Gasteiger partial charge in [0, 0.05) is 53.3 Å². The number of methoxy groups -OCH3 is 1. The number of pyridine rings is 2. The molecule has 0 bridgehead atoms. The molecule has 8 nitrogen and oxygen atoms in total. The van der Waals surface area contributed by atoms with E-state index in [1.54, 1.807) is 30.3 Å². The van der Waals surface area contributed by atoms with Gasteiger partial charge in [-0.15, -0.1) is 0 Å². The lowest BCUT2D eigenvalue weighted by atomic mass is 10.0. The van der Waals surface area contributed by atoms with E-state index in [2.05, 4.69) is 14.3 Å². The summed E-state index contributed by atoms with van der Waals surface area (Å²) in [5, 5.41) is 9.60. The summed E-state index contributed by atoms with van der Waals surface area (Å²) in [5.74, 6) is 1.37. The number of nitrogens with one attached hydrogen (secondary N) is 1. The summed E-state index contributed by atoms with van der Waals surface area (Å²) in [6.07, 6.45) is 6.58. The highest BCUT2D eigenvalue weighted by molar-refractivity contribution is 8.00. The van der Waals surface area contributed by atoms with Gasteiger partial charge in [0.1, 0.15) is 18.9 Å². The smallest absolute Gasteiger partial charge is 0.238 e. The van der Waals surface area contributed by atoms with Crippen LogP contribution in [0.1, 0.15) is 16.7 Å². The Morgan fingerprint density at radius 2 is 1.97 bits per heavy atom. The molecule has 0 amide bonds. The molecule has 1 aliphatic rings. The number of aromatic nitrogens is 2. The number of halogens is 2. The number of nitrogens with zero attached hydrogens (tertiary/aromatic N) is 3. The Morgan fingerprint density at radius 3 is 2.67 bits per heavy atom. The van der Waals surface area contributed by atoms with Crippen molar-refractivity contribution >= 4 is 52.2 Å². The van der Waals surface area contributed by atoms with Crippen molar-refractivity contribution in [1.82, 2.24) is 9.97 Å². The Morgan fingerprint density at radius 1 is 1.21 bits per heavy atom. The first kappa shape index (κ1) is 23.3. The molecule has 0 unspecified atom stereocenters. The summed E-state index contributed by atoms with van der Waals surface area (Å²) >= 11 is 14.0. The van der Waals surface area contributed by atoms with Gasteiger partial charge < -0.3 is 24.2 Å². The first-order valence-electron chi connectivity index (χ1n) is 9.85. The second-order valence-electron chi connectivity index (χ2n) is 7.02. The third kappa shape index (κ3) is 4.75. The summed E-state index contributed by atoms with van der Waals surface area (Å²) in [4.78, 5) is 8.34. The Bertz CT molecular complexity index is 1190. The second-order valence-corrected chi connectivity index (χ2v) is 8.64. The average Bonchev–Trinajstić information content (AvgIpc) is 2.83. The minimum atomic E-state index is 0.0909. The Balaban J connectivity index is 1.66. The van der Waals surface area contributed by atoms with Gasteiger partial charge in [0.2, 0.25) is 5.88 Å². The monoisotopic (exact) mass is 505 g/mol. The largest absolute Gasteiger partial charge is 0.493 e. The Labute approximate surface area is 205 Å². The van der Waals surface area contributed by atoms with E-state index in [4.69, 9.17) is 48.6 Å². The third-order valence-electron chi connectivity index (χ3n) is 5.07. The number of nitrogen functional groups attached to an aromatic ring is 1. The van der Waals surface area contributed by atoms with Crippen LogP contribution < -0.4 is 24.2 Å². The van der Waals surface area contributed by atoms with Gasteiger partial charge in [0.05, 0.1) is 29.4 Å². The van der Waals surface area contributed by atoms with Crippen LogP contribution in [-0.4, -0.2) is 42.2 Å². The quantitative estimate of drug-likeness (QED) is 0.266. The van der Waals surface area contributed by atoms with E-state index in [0.717, 1.165) is 12.2 Å². The van der Waals surface area contributed by atoms with Crippen molar-refractivity contribution in [3.63, 3.8) is 0 Å². The van der Waals surface area contributed by atoms with E-state index in [0.29, 0.717) is 56.4 Å². The van der Waals surface area contributed by atoms with Crippen LogP contribution in [0.15, 0.2) is 36.8 Å². The maximum Gasteiger partial charge on any atom is 0.238 e. The molecule has 11 heteroatoms. The molecule has 3 heterocycles. The molecule has 1 aromatic carbocycles. The van der Waals surface area contributed by atoms with Crippen molar-refractivity contribution in [3.05, 3.63) is 63.5 Å². The molecule has 1 aliphatic heterocycles. The van der Waals surface area contributed by atoms with Gasteiger partial charge in [-0.05, 0) is 12.1 Å². The lowest BCUT2D eigenvalue weighted by molar-refractivity contribution is 0.284. The number of fused-ring (bicyclic) bond motifs is 1. The van der Waals surface area contributed by atoms with Gasteiger partial charge in [0.15, 0.2) is 11.5 Å². The highest BCUT2D eigenvalue weighted by Crippen LogP contribution is 2.37. The maximum absolute atomic E-state index is 8.81. The fourth-order valence-corrected chi connectivity index (χ4v) is 4.41. The molecule has 0 radical (unpaired) electrons. The van der Waals surface area contributed by atoms with Gasteiger partial charge >= 0.3 is 0 Å². The van der Waals surface area contributed by atoms with Gasteiger partial charge in [0.25, 0.3) is 0 Å². The van der Waals surface area contributed by atoms with E-state index in [1.165, 1.54) is 19.5 Å². The molecule has 0 atom stereocenters. The number of anilines is 2. The maximum atomic E-state index is 8.81. The minimum absolute atomic E-state index is 0.0909. The highest BCUT2D eigenvalue weighted by Gasteiger charge is 2.22. The van der Waals surface area contributed by atoms with E-state index in [1.807, 2.05) is 12.3 Å². The SMILES string of the molecule is COc1cc(N)c(C(=N)c2cnc3c(c2)N(SC)CCO3)cc1OCc1c(Cl)cncc1Cl. The van der Waals surface area contributed by atoms with E-state index in [9.17, 15) is 0 Å². The lowest BCUT2D eigenvalue weighted by Crippen LogP contribution is -2.27. The van der Waals surface area contributed by atoms with E-state index in [-0.39, 0.29) is 12.3 Å². The number of nitrogens with two attached hydrogens (primary N) is 1. The third-order valence-corrected chi connectivity index (χ3v) is 6.54. The van der Waals surface area contributed by atoms with Crippen LogP contribution in [0.3, 0.4) is 0 Å². The predicted octanol–water partition coefficient (Wildman–Crippen LogP) is 4.85. The first-order valence-corrected chi connectivity index (χ1v) is 11.8. The molecule has 0 saturated heterocycles. The van der Waals surface area contributed by atoms with Gasteiger partial charge in [-0.1, -0.05) is 35.1 Å². The molecule has 0 spiro atoms. The van der Waals surface area contributed by atoms with Crippen LogP contribution >= 0.6 is 35.1 Å². The fourth-order valence-electron chi connectivity index (χ4n) is 3.35. The molecule has 2 aromatic heterocycles. The van der Waals surface area contributed by atoms with Crippen molar-refractivity contribution in [2.24, 2.45) is 0 Å². The van der Waals surface area contributed by atoms with E-state index < -0.39 is 0 Å². The topological polar surface area (TPSA) is 107 Å². The molecule has 0 saturated carbocycles. The Kier molecular flexibility index (Phi) is 7.02. The van der Waals surface area contributed by atoms with Crippen LogP contribution in [0, 0.1) is 5.41 Å². The zero-order valence-electron chi connectivity index (χ0n) is 17.9. The highest BCUT2D eigenvalue weighted by atomic mass is 35.5. The lowest BCUT2D eigenvalue weighted by Gasteiger charge is -2.28. The molecule has 0 fully saturated rings. The van der Waals surface area contributed by atoms with Crippen molar-refractivity contribution < 1.29 is 14.2 Å². The molecule has 4 rings (SSSR count). The zero-order valence-corrected chi connectivity index (χ0v) is 20.2. The van der Waals surface area contributed by atoms with Crippen molar-refractivity contribution in [1.29, 1.82) is 5.41 Å². The molecule has 3 N–H and O–H groups in total. The molecular formula is C22H21Cl2N5O3S. The average molecular weight is 506 g/mol. The van der Waals surface area contributed by atoms with Crippen LogP contribution in [0.4, 0.5) is 11.4 Å². The van der Waals surface area contributed by atoms with Crippen molar-refractivity contribution in [2.45, 2.75) is 6.61 Å². The molecule has 33 heavy (non-hydrogen) atoms. The van der Waals surface area contributed by atoms with Crippen LogP contribution in [0.25, 0.3) is 0 Å². The zero-order chi connectivity index (χ0) is 23.5. The number of hydrogen-bond acceptors (Lipinski definition) is 9. The second kappa shape index (κ2) is 9.94. The summed E-state index contributed by atoms with van der Waals surface area (Å²) in [6.45, 7) is 1.39. The van der Waals surface area contributed by atoms with Crippen molar-refractivity contribution in [2.75, 3.05) is 36.6 Å². The molecule has 172 valence electrons. The van der Waals surface area contributed by atoms with Gasteiger partial charge in [-0.2, -0.15) is 0 Å². The molecule has 3 aromatic rings. The number of benzene rings is 1. The minimum Gasteiger partial charge on any atom is -0.493 e. The molecule has 0 aliphatic carbocycles. The van der Waals surface area contributed by atoms with Crippen molar-refractivity contribution in [3.8, 4) is 17.4 Å².